The van der Waals surface area contributed by atoms with Gasteiger partial charge in [-0.05, 0) is 72.6 Å². The Labute approximate surface area is 189 Å². The number of nitrogens with one attached hydrogen (secondary N) is 2. The fraction of sp³-hybridized carbons (Fsp3) is 0.217. The second kappa shape index (κ2) is 10.2. The highest BCUT2D eigenvalue weighted by molar-refractivity contribution is 8.18. The summed E-state index contributed by atoms with van der Waals surface area (Å²) in [5.41, 5.74) is 3.11. The molecule has 1 fully saturated rings. The number of aryl methyl sites for hydroxylation is 2. The quantitative estimate of drug-likeness (QED) is 0.626. The summed E-state index contributed by atoms with van der Waals surface area (Å²) in [6.45, 7) is 3.68. The molecule has 166 valence electrons. The first kappa shape index (κ1) is 23.2. The van der Waals surface area contributed by atoms with Crippen molar-refractivity contribution in [2.24, 2.45) is 0 Å². The topological polar surface area (TPSA) is 95.6 Å². The SMILES string of the molecule is Cc1ccc(C(=O)NCC(=O)NCCN2C(=O)SC(=Cc3ccc(F)cc3)C2=O)cc1C. The molecule has 4 amide bonds. The van der Waals surface area contributed by atoms with Gasteiger partial charge in [0.1, 0.15) is 5.82 Å². The number of carbonyl (C=O) groups excluding carboxylic acids is 4. The summed E-state index contributed by atoms with van der Waals surface area (Å²) in [5.74, 6) is -1.66. The number of imide groups is 1. The smallest absolute Gasteiger partial charge is 0.293 e. The number of hydrogen-bond donors (Lipinski definition) is 2. The molecule has 1 aliphatic heterocycles. The van der Waals surface area contributed by atoms with Gasteiger partial charge in [0.05, 0.1) is 11.4 Å². The van der Waals surface area contributed by atoms with Crippen molar-refractivity contribution < 1.29 is 23.6 Å². The molecule has 0 atom stereocenters. The van der Waals surface area contributed by atoms with Crippen molar-refractivity contribution in [3.05, 3.63) is 75.4 Å². The van der Waals surface area contributed by atoms with Crippen LogP contribution in [-0.4, -0.2) is 47.5 Å². The van der Waals surface area contributed by atoms with Crippen molar-refractivity contribution in [1.29, 1.82) is 0 Å². The second-order valence-electron chi connectivity index (χ2n) is 7.22. The Morgan fingerprint density at radius 3 is 2.44 bits per heavy atom. The van der Waals surface area contributed by atoms with Gasteiger partial charge in [0.2, 0.25) is 5.91 Å². The number of thioether (sulfide) groups is 1. The van der Waals surface area contributed by atoms with Crippen LogP contribution in [0.4, 0.5) is 9.18 Å². The maximum Gasteiger partial charge on any atom is 0.293 e. The molecule has 0 spiro atoms. The Morgan fingerprint density at radius 2 is 1.75 bits per heavy atom. The molecule has 0 bridgehead atoms. The molecule has 9 heteroatoms. The zero-order valence-electron chi connectivity index (χ0n) is 17.6. The van der Waals surface area contributed by atoms with E-state index in [4.69, 9.17) is 0 Å². The van der Waals surface area contributed by atoms with Gasteiger partial charge in [-0.25, -0.2) is 4.39 Å². The van der Waals surface area contributed by atoms with Crippen molar-refractivity contribution >= 4 is 40.8 Å². The van der Waals surface area contributed by atoms with Crippen LogP contribution >= 0.6 is 11.8 Å². The van der Waals surface area contributed by atoms with Gasteiger partial charge in [0, 0.05) is 18.7 Å². The van der Waals surface area contributed by atoms with E-state index in [-0.39, 0.29) is 30.4 Å². The average Bonchev–Trinajstić information content (AvgIpc) is 3.02. The lowest BCUT2D eigenvalue weighted by molar-refractivity contribution is -0.124. The number of benzene rings is 2. The van der Waals surface area contributed by atoms with Gasteiger partial charge in [0.15, 0.2) is 0 Å². The largest absolute Gasteiger partial charge is 0.353 e. The van der Waals surface area contributed by atoms with Crippen molar-refractivity contribution in [2.75, 3.05) is 19.6 Å². The zero-order valence-corrected chi connectivity index (χ0v) is 18.4. The van der Waals surface area contributed by atoms with E-state index in [0.717, 1.165) is 27.8 Å². The van der Waals surface area contributed by atoms with Crippen LogP contribution in [-0.2, 0) is 9.59 Å². The van der Waals surface area contributed by atoms with E-state index in [0.29, 0.717) is 11.1 Å². The van der Waals surface area contributed by atoms with E-state index in [2.05, 4.69) is 10.6 Å². The number of amides is 4. The van der Waals surface area contributed by atoms with Gasteiger partial charge in [-0.1, -0.05) is 18.2 Å². The normalized spacial score (nSPS) is 14.7. The molecule has 0 radical (unpaired) electrons. The minimum atomic E-state index is -0.471. The molecule has 2 N–H and O–H groups in total. The molecule has 7 nitrogen and oxygen atoms in total. The third-order valence-electron chi connectivity index (χ3n) is 4.88. The summed E-state index contributed by atoms with van der Waals surface area (Å²) in [7, 11) is 0. The maximum atomic E-state index is 13.0. The molecule has 1 saturated heterocycles. The molecule has 3 rings (SSSR count). The van der Waals surface area contributed by atoms with Crippen LogP contribution in [0.1, 0.15) is 27.0 Å². The van der Waals surface area contributed by atoms with Crippen molar-refractivity contribution in [3.63, 3.8) is 0 Å². The molecule has 2 aromatic carbocycles. The number of hydrogen-bond acceptors (Lipinski definition) is 5. The molecule has 1 aliphatic rings. The van der Waals surface area contributed by atoms with E-state index in [9.17, 15) is 23.6 Å². The number of carbonyl (C=O) groups is 4. The molecule has 0 unspecified atom stereocenters. The highest BCUT2D eigenvalue weighted by atomic mass is 32.2. The van der Waals surface area contributed by atoms with Crippen LogP contribution in [0.15, 0.2) is 47.4 Å². The van der Waals surface area contributed by atoms with Crippen LogP contribution in [0.25, 0.3) is 6.08 Å². The first-order chi connectivity index (χ1) is 15.2. The predicted octanol–water partition coefficient (Wildman–Crippen LogP) is 3.03. The minimum Gasteiger partial charge on any atom is -0.353 e. The van der Waals surface area contributed by atoms with Crippen LogP contribution < -0.4 is 10.6 Å². The van der Waals surface area contributed by atoms with Crippen LogP contribution in [0.5, 0.6) is 0 Å². The third kappa shape index (κ3) is 5.82. The summed E-state index contributed by atoms with van der Waals surface area (Å²) in [6, 6.07) is 10.8. The fourth-order valence-corrected chi connectivity index (χ4v) is 3.78. The average molecular weight is 456 g/mol. The van der Waals surface area contributed by atoms with Crippen molar-refractivity contribution in [2.45, 2.75) is 13.8 Å². The molecule has 32 heavy (non-hydrogen) atoms. The van der Waals surface area contributed by atoms with E-state index in [1.54, 1.807) is 12.1 Å². The molecule has 0 aliphatic carbocycles. The van der Waals surface area contributed by atoms with E-state index in [1.165, 1.54) is 30.3 Å². The number of rotatable bonds is 7. The Hall–Kier alpha value is -3.46. The number of nitrogens with zero attached hydrogens (tertiary/aromatic N) is 1. The molecule has 0 aromatic heterocycles. The lowest BCUT2D eigenvalue weighted by atomic mass is 10.1. The van der Waals surface area contributed by atoms with Crippen LogP contribution in [0.2, 0.25) is 0 Å². The van der Waals surface area contributed by atoms with Gasteiger partial charge in [-0.15, -0.1) is 0 Å². The molecule has 0 saturated carbocycles. The summed E-state index contributed by atoms with van der Waals surface area (Å²) in [4.78, 5) is 50.0. The zero-order chi connectivity index (χ0) is 23.3. The van der Waals surface area contributed by atoms with E-state index in [1.807, 2.05) is 19.9 Å². The van der Waals surface area contributed by atoms with Crippen LogP contribution in [0.3, 0.4) is 0 Å². The van der Waals surface area contributed by atoms with Gasteiger partial charge in [0.25, 0.3) is 17.1 Å². The summed E-state index contributed by atoms with van der Waals surface area (Å²) >= 11 is 0.789. The fourth-order valence-electron chi connectivity index (χ4n) is 2.92. The number of halogens is 1. The van der Waals surface area contributed by atoms with Gasteiger partial charge in [-0.3, -0.25) is 24.1 Å². The lowest BCUT2D eigenvalue weighted by Gasteiger charge is -2.13. The first-order valence-electron chi connectivity index (χ1n) is 9.87. The Kier molecular flexibility index (Phi) is 7.42. The Balaban J connectivity index is 1.46. The van der Waals surface area contributed by atoms with E-state index < -0.39 is 22.9 Å². The van der Waals surface area contributed by atoms with Crippen molar-refractivity contribution in [1.82, 2.24) is 15.5 Å². The predicted molar refractivity (Wildman–Crippen MR) is 120 cm³/mol. The monoisotopic (exact) mass is 455 g/mol. The van der Waals surface area contributed by atoms with Gasteiger partial charge >= 0.3 is 0 Å². The van der Waals surface area contributed by atoms with E-state index >= 15 is 0 Å². The summed E-state index contributed by atoms with van der Waals surface area (Å²) < 4.78 is 13.0. The molecule has 1 heterocycles. The third-order valence-corrected chi connectivity index (χ3v) is 5.78. The highest BCUT2D eigenvalue weighted by Crippen LogP contribution is 2.31. The van der Waals surface area contributed by atoms with Gasteiger partial charge < -0.3 is 10.6 Å². The standard InChI is InChI=1S/C23H22FN3O4S/c1-14-3-6-17(11-15(14)2)21(29)26-13-20(28)25-9-10-27-22(30)19(32-23(27)31)12-16-4-7-18(24)8-5-16/h3-8,11-12H,9-10,13H2,1-2H3,(H,25,28)(H,26,29). The second-order valence-corrected chi connectivity index (χ2v) is 8.21. The maximum absolute atomic E-state index is 13.0. The minimum absolute atomic E-state index is 0.00225. The van der Waals surface area contributed by atoms with Gasteiger partial charge in [-0.2, -0.15) is 0 Å². The Morgan fingerprint density at radius 1 is 1.03 bits per heavy atom. The molecular weight excluding hydrogens is 433 g/mol. The lowest BCUT2D eigenvalue weighted by Crippen LogP contribution is -2.41. The summed E-state index contributed by atoms with van der Waals surface area (Å²) in [5, 5.41) is 4.68. The Bertz CT molecular complexity index is 1100. The first-order valence-corrected chi connectivity index (χ1v) is 10.7. The van der Waals surface area contributed by atoms with Crippen molar-refractivity contribution in [3.8, 4) is 0 Å². The highest BCUT2D eigenvalue weighted by Gasteiger charge is 2.34. The summed E-state index contributed by atoms with van der Waals surface area (Å²) in [6.07, 6.45) is 1.52. The molecular formula is C23H22FN3O4S. The molecule has 2 aromatic rings. The van der Waals surface area contributed by atoms with Crippen LogP contribution in [0, 0.1) is 19.7 Å².